The minimum absolute atomic E-state index is 0.0108. The van der Waals surface area contributed by atoms with Crippen LogP contribution in [0.5, 0.6) is 0 Å². The number of nitrogens with one attached hydrogen (secondary N) is 1. The molecule has 6 rings (SSSR count). The largest absolute Gasteiger partial charge is 0.369 e. The zero-order chi connectivity index (χ0) is 24.6. The van der Waals surface area contributed by atoms with Crippen molar-refractivity contribution < 1.29 is 4.79 Å². The van der Waals surface area contributed by atoms with Crippen molar-refractivity contribution in [2.24, 2.45) is 0 Å². The van der Waals surface area contributed by atoms with Crippen molar-refractivity contribution in [3.8, 4) is 22.3 Å². The zero-order valence-corrected chi connectivity index (χ0v) is 20.5. The number of nitrogens with zero attached hydrogens (tertiary/aromatic N) is 5. The molecule has 1 aliphatic rings. The van der Waals surface area contributed by atoms with Crippen molar-refractivity contribution >= 4 is 28.0 Å². The van der Waals surface area contributed by atoms with Gasteiger partial charge in [-0.05, 0) is 40.1 Å². The smallest absolute Gasteiger partial charge is 0.253 e. The molecular weight excluding hydrogens is 448 g/mol. The van der Waals surface area contributed by atoms with Crippen molar-refractivity contribution in [3.05, 3.63) is 84.8 Å². The Balaban J connectivity index is 1.36. The highest BCUT2D eigenvalue weighted by Gasteiger charge is 2.17. The topological polar surface area (TPSA) is 65.8 Å². The van der Waals surface area contributed by atoms with Gasteiger partial charge in [-0.2, -0.15) is 5.10 Å². The molecule has 180 valence electrons. The number of rotatable bonds is 4. The molecule has 1 amide bonds. The van der Waals surface area contributed by atoms with E-state index in [1.807, 2.05) is 53.4 Å². The SMILES string of the molecule is CN(C)C(=O)c1ccc(-c2cnn3cc(-c4ccc(N5CCNCC5)cc4)cnc23)c2ccccc12. The number of anilines is 1. The molecule has 5 aromatic rings. The van der Waals surface area contributed by atoms with Gasteiger partial charge in [0.2, 0.25) is 0 Å². The Kier molecular flexibility index (Phi) is 5.62. The monoisotopic (exact) mass is 476 g/mol. The summed E-state index contributed by atoms with van der Waals surface area (Å²) in [4.78, 5) is 21.6. The number of benzene rings is 3. The Morgan fingerprint density at radius 1 is 0.861 bits per heavy atom. The second-order valence-electron chi connectivity index (χ2n) is 9.36. The summed E-state index contributed by atoms with van der Waals surface area (Å²) >= 11 is 0. The van der Waals surface area contributed by atoms with Gasteiger partial charge in [0.1, 0.15) is 0 Å². The van der Waals surface area contributed by atoms with Crippen LogP contribution < -0.4 is 10.2 Å². The third-order valence-corrected chi connectivity index (χ3v) is 6.89. The number of aromatic nitrogens is 3. The molecule has 1 aliphatic heterocycles. The summed E-state index contributed by atoms with van der Waals surface area (Å²) in [6.45, 7) is 4.10. The van der Waals surface area contributed by atoms with Crippen LogP contribution in [0.15, 0.2) is 79.3 Å². The van der Waals surface area contributed by atoms with E-state index in [0.29, 0.717) is 5.56 Å². The van der Waals surface area contributed by atoms with E-state index in [-0.39, 0.29) is 5.91 Å². The summed E-state index contributed by atoms with van der Waals surface area (Å²) in [6.07, 6.45) is 5.79. The van der Waals surface area contributed by atoms with Gasteiger partial charge in [0.05, 0.1) is 6.20 Å². The van der Waals surface area contributed by atoms with Crippen molar-refractivity contribution in [1.29, 1.82) is 0 Å². The molecule has 1 N–H and O–H groups in total. The van der Waals surface area contributed by atoms with E-state index >= 15 is 0 Å². The number of amides is 1. The summed E-state index contributed by atoms with van der Waals surface area (Å²) in [5.41, 5.74) is 6.80. The van der Waals surface area contributed by atoms with Gasteiger partial charge in [-0.15, -0.1) is 0 Å². The van der Waals surface area contributed by atoms with Crippen LogP contribution in [-0.4, -0.2) is 65.7 Å². The van der Waals surface area contributed by atoms with Crippen molar-refractivity contribution in [2.45, 2.75) is 0 Å². The number of hydrogen-bond acceptors (Lipinski definition) is 5. The Labute approximate surface area is 210 Å². The molecule has 0 radical (unpaired) electrons. The van der Waals surface area contributed by atoms with E-state index in [9.17, 15) is 4.79 Å². The van der Waals surface area contributed by atoms with E-state index in [1.165, 1.54) is 5.69 Å². The van der Waals surface area contributed by atoms with Crippen LogP contribution in [0.1, 0.15) is 10.4 Å². The van der Waals surface area contributed by atoms with Gasteiger partial charge >= 0.3 is 0 Å². The van der Waals surface area contributed by atoms with Crippen molar-refractivity contribution in [1.82, 2.24) is 24.8 Å². The highest BCUT2D eigenvalue weighted by molar-refractivity contribution is 6.11. The lowest BCUT2D eigenvalue weighted by Gasteiger charge is -2.29. The fourth-order valence-corrected chi connectivity index (χ4v) is 4.96. The molecule has 0 unspecified atom stereocenters. The first-order chi connectivity index (χ1) is 17.6. The van der Waals surface area contributed by atoms with Crippen molar-refractivity contribution in [2.75, 3.05) is 45.2 Å². The van der Waals surface area contributed by atoms with Gasteiger partial charge in [0.25, 0.3) is 5.91 Å². The molecule has 0 aliphatic carbocycles. The summed E-state index contributed by atoms with van der Waals surface area (Å²) < 4.78 is 1.84. The van der Waals surface area contributed by atoms with Gasteiger partial charge < -0.3 is 15.1 Å². The number of carbonyl (C=O) groups excluding carboxylic acids is 1. The highest BCUT2D eigenvalue weighted by atomic mass is 16.2. The summed E-state index contributed by atoms with van der Waals surface area (Å²) in [7, 11) is 3.55. The molecule has 3 aromatic carbocycles. The van der Waals surface area contributed by atoms with Crippen LogP contribution >= 0.6 is 0 Å². The minimum atomic E-state index is -0.0108. The quantitative estimate of drug-likeness (QED) is 0.418. The molecule has 36 heavy (non-hydrogen) atoms. The standard InChI is InChI=1S/C29H28N6O/c1-33(2)29(36)26-12-11-25(23-5-3-4-6-24(23)26)27-18-32-35-19-21(17-31-28(27)35)20-7-9-22(10-8-20)34-15-13-30-14-16-34/h3-12,17-19,30H,13-16H2,1-2H3. The maximum Gasteiger partial charge on any atom is 0.253 e. The molecule has 0 spiro atoms. The Hall–Kier alpha value is -4.23. The maximum atomic E-state index is 12.7. The molecule has 1 saturated heterocycles. The van der Waals surface area contributed by atoms with E-state index < -0.39 is 0 Å². The Morgan fingerprint density at radius 2 is 1.61 bits per heavy atom. The molecule has 3 heterocycles. The minimum Gasteiger partial charge on any atom is -0.369 e. The predicted octanol–water partition coefficient (Wildman–Crippen LogP) is 4.33. The van der Waals surface area contributed by atoms with Gasteiger partial charge in [-0.25, -0.2) is 9.50 Å². The molecule has 2 aromatic heterocycles. The number of hydrogen-bond donors (Lipinski definition) is 1. The third kappa shape index (κ3) is 3.87. The lowest BCUT2D eigenvalue weighted by atomic mass is 9.96. The highest BCUT2D eigenvalue weighted by Crippen LogP contribution is 2.34. The number of carbonyl (C=O) groups is 1. The Morgan fingerprint density at radius 3 is 2.36 bits per heavy atom. The average Bonchev–Trinajstić information content (AvgIpc) is 3.35. The van der Waals surface area contributed by atoms with Crippen LogP contribution in [0.4, 0.5) is 5.69 Å². The molecular formula is C29H28N6O. The normalized spacial score (nSPS) is 13.9. The molecule has 0 saturated carbocycles. The first-order valence-corrected chi connectivity index (χ1v) is 12.2. The van der Waals surface area contributed by atoms with E-state index in [0.717, 1.165) is 64.9 Å². The van der Waals surface area contributed by atoms with Gasteiger partial charge in [-0.3, -0.25) is 4.79 Å². The van der Waals surface area contributed by atoms with Crippen LogP contribution in [0.25, 0.3) is 38.7 Å². The number of fused-ring (bicyclic) bond motifs is 2. The van der Waals surface area contributed by atoms with E-state index in [2.05, 4.69) is 45.6 Å². The predicted molar refractivity (Wildman–Crippen MR) is 144 cm³/mol. The fourth-order valence-electron chi connectivity index (χ4n) is 4.96. The molecule has 7 heteroatoms. The second-order valence-corrected chi connectivity index (χ2v) is 9.36. The summed E-state index contributed by atoms with van der Waals surface area (Å²) in [5.74, 6) is -0.0108. The lowest BCUT2D eigenvalue weighted by Crippen LogP contribution is -2.43. The van der Waals surface area contributed by atoms with Gasteiger partial charge in [0.15, 0.2) is 5.65 Å². The average molecular weight is 477 g/mol. The number of piperazine rings is 1. The molecule has 0 atom stereocenters. The van der Waals surface area contributed by atoms with Crippen LogP contribution in [0.2, 0.25) is 0 Å². The van der Waals surface area contributed by atoms with Gasteiger partial charge in [0, 0.05) is 75.0 Å². The Bertz CT molecular complexity index is 1560. The van der Waals surface area contributed by atoms with Crippen molar-refractivity contribution in [3.63, 3.8) is 0 Å². The fraction of sp³-hybridized carbons (Fsp3) is 0.207. The first kappa shape index (κ1) is 22.2. The lowest BCUT2D eigenvalue weighted by molar-refractivity contribution is 0.0829. The van der Waals surface area contributed by atoms with Crippen LogP contribution in [0.3, 0.4) is 0 Å². The second kappa shape index (κ2) is 9.09. The molecule has 1 fully saturated rings. The summed E-state index contributed by atoms with van der Waals surface area (Å²) in [5, 5.41) is 9.96. The zero-order valence-electron chi connectivity index (χ0n) is 20.5. The van der Waals surface area contributed by atoms with Gasteiger partial charge in [-0.1, -0.05) is 42.5 Å². The van der Waals surface area contributed by atoms with Crippen LogP contribution in [0, 0.1) is 0 Å². The molecule has 0 bridgehead atoms. The summed E-state index contributed by atoms with van der Waals surface area (Å²) in [6, 6.07) is 20.6. The van der Waals surface area contributed by atoms with E-state index in [1.54, 1.807) is 19.0 Å². The first-order valence-electron chi connectivity index (χ1n) is 12.2. The maximum absolute atomic E-state index is 12.7. The molecule has 7 nitrogen and oxygen atoms in total. The van der Waals surface area contributed by atoms with Crippen LogP contribution in [-0.2, 0) is 0 Å². The third-order valence-electron chi connectivity index (χ3n) is 6.89. The van der Waals surface area contributed by atoms with E-state index in [4.69, 9.17) is 4.98 Å².